The van der Waals surface area contributed by atoms with Crippen LogP contribution in [0.3, 0.4) is 0 Å². The molecule has 0 heterocycles. The van der Waals surface area contributed by atoms with Crippen molar-refractivity contribution in [2.24, 2.45) is 0 Å². The van der Waals surface area contributed by atoms with Gasteiger partial charge in [-0.3, -0.25) is 4.79 Å². The highest BCUT2D eigenvalue weighted by molar-refractivity contribution is 5.78. The molecule has 1 aromatic rings. The number of ether oxygens (including phenoxy) is 2. The topological polar surface area (TPSA) is 35.5 Å². The lowest BCUT2D eigenvalue weighted by atomic mass is 10.1. The lowest BCUT2D eigenvalue weighted by molar-refractivity contribution is -0.116. The normalized spacial score (nSPS) is 10.0. The van der Waals surface area contributed by atoms with Crippen LogP contribution in [-0.2, 0) is 16.0 Å². The minimum absolute atomic E-state index is 0.165. The maximum atomic E-state index is 10.9. The molecule has 0 atom stereocenters. The fourth-order valence-corrected chi connectivity index (χ4v) is 1.18. The summed E-state index contributed by atoms with van der Waals surface area (Å²) in [4.78, 5) is 10.9. The predicted molar refractivity (Wildman–Crippen MR) is 57.9 cm³/mol. The quantitative estimate of drug-likeness (QED) is 0.531. The van der Waals surface area contributed by atoms with Gasteiger partial charge in [0.1, 0.15) is 11.5 Å². The minimum Gasteiger partial charge on any atom is -0.468 e. The monoisotopic (exact) mass is 208 g/mol. The van der Waals surface area contributed by atoms with E-state index in [9.17, 15) is 4.79 Å². The Morgan fingerprint density at radius 2 is 1.93 bits per heavy atom. The van der Waals surface area contributed by atoms with E-state index in [0.29, 0.717) is 13.0 Å². The van der Waals surface area contributed by atoms with Crippen LogP contribution in [0.4, 0.5) is 0 Å². The average molecular weight is 208 g/mol. The molecule has 0 aromatic heterocycles. The van der Waals surface area contributed by atoms with E-state index in [2.05, 4.69) is 0 Å². The molecule has 82 valence electrons. The SMILES string of the molecule is CCOCOc1ccc(CC(C)=O)cc1. The second kappa shape index (κ2) is 6.19. The van der Waals surface area contributed by atoms with Crippen LogP contribution in [0.15, 0.2) is 24.3 Å². The highest BCUT2D eigenvalue weighted by atomic mass is 16.7. The first-order valence-electron chi connectivity index (χ1n) is 5.01. The van der Waals surface area contributed by atoms with Crippen molar-refractivity contribution >= 4 is 5.78 Å². The van der Waals surface area contributed by atoms with Crippen LogP contribution >= 0.6 is 0 Å². The molecule has 1 rings (SSSR count). The molecule has 0 bridgehead atoms. The summed E-state index contributed by atoms with van der Waals surface area (Å²) in [6.07, 6.45) is 0.478. The van der Waals surface area contributed by atoms with Gasteiger partial charge < -0.3 is 9.47 Å². The third kappa shape index (κ3) is 4.61. The van der Waals surface area contributed by atoms with E-state index in [0.717, 1.165) is 11.3 Å². The Hall–Kier alpha value is -1.35. The molecule has 0 radical (unpaired) electrons. The minimum atomic E-state index is 0.165. The number of rotatable bonds is 6. The molecule has 0 fully saturated rings. The summed E-state index contributed by atoms with van der Waals surface area (Å²) in [5, 5.41) is 0. The van der Waals surface area contributed by atoms with E-state index in [1.807, 2.05) is 31.2 Å². The van der Waals surface area contributed by atoms with Gasteiger partial charge in [0.2, 0.25) is 0 Å². The Kier molecular flexibility index (Phi) is 4.84. The van der Waals surface area contributed by atoms with Crippen LogP contribution in [0.1, 0.15) is 19.4 Å². The predicted octanol–water partition coefficient (Wildman–Crippen LogP) is 2.19. The first kappa shape index (κ1) is 11.7. The van der Waals surface area contributed by atoms with Gasteiger partial charge in [-0.2, -0.15) is 0 Å². The van der Waals surface area contributed by atoms with Gasteiger partial charge in [0, 0.05) is 13.0 Å². The summed E-state index contributed by atoms with van der Waals surface area (Å²) < 4.78 is 10.4. The zero-order valence-corrected chi connectivity index (χ0v) is 9.16. The Balaban J connectivity index is 2.45. The van der Waals surface area contributed by atoms with Gasteiger partial charge in [-0.1, -0.05) is 12.1 Å². The van der Waals surface area contributed by atoms with Crippen LogP contribution < -0.4 is 4.74 Å². The van der Waals surface area contributed by atoms with Gasteiger partial charge in [-0.05, 0) is 31.5 Å². The number of ketones is 1. The first-order valence-corrected chi connectivity index (χ1v) is 5.01. The number of Topliss-reactive ketones (excluding diaryl/α,β-unsaturated/α-hetero) is 1. The Bertz CT molecular complexity index is 303. The zero-order chi connectivity index (χ0) is 11.1. The maximum Gasteiger partial charge on any atom is 0.189 e. The van der Waals surface area contributed by atoms with E-state index in [-0.39, 0.29) is 12.6 Å². The first-order chi connectivity index (χ1) is 7.22. The van der Waals surface area contributed by atoms with E-state index in [1.54, 1.807) is 6.92 Å². The number of benzene rings is 1. The summed E-state index contributed by atoms with van der Waals surface area (Å²) in [5.74, 6) is 0.925. The zero-order valence-electron chi connectivity index (χ0n) is 9.16. The molecule has 0 saturated carbocycles. The third-order valence-electron chi connectivity index (χ3n) is 1.89. The van der Waals surface area contributed by atoms with Crippen molar-refractivity contribution in [2.45, 2.75) is 20.3 Å². The smallest absolute Gasteiger partial charge is 0.189 e. The molecule has 0 N–H and O–H groups in total. The Labute approximate surface area is 90.0 Å². The molecule has 1 aromatic carbocycles. The van der Waals surface area contributed by atoms with Gasteiger partial charge in [-0.25, -0.2) is 0 Å². The fraction of sp³-hybridized carbons (Fsp3) is 0.417. The largest absolute Gasteiger partial charge is 0.468 e. The number of carbonyl (C=O) groups is 1. The van der Waals surface area contributed by atoms with Gasteiger partial charge in [0.25, 0.3) is 0 Å². The maximum absolute atomic E-state index is 10.9. The van der Waals surface area contributed by atoms with Crippen LogP contribution in [0.2, 0.25) is 0 Å². The summed E-state index contributed by atoms with van der Waals surface area (Å²) in [5.41, 5.74) is 1.01. The van der Waals surface area contributed by atoms with Crippen LogP contribution in [0.25, 0.3) is 0 Å². The van der Waals surface area contributed by atoms with E-state index in [4.69, 9.17) is 9.47 Å². The molecule has 15 heavy (non-hydrogen) atoms. The standard InChI is InChI=1S/C12H16O3/c1-3-14-9-15-12-6-4-11(5-7-12)8-10(2)13/h4-7H,3,8-9H2,1-2H3. The lowest BCUT2D eigenvalue weighted by Crippen LogP contribution is -2.02. The molecule has 0 saturated heterocycles. The highest BCUT2D eigenvalue weighted by Gasteiger charge is 1.98. The van der Waals surface area contributed by atoms with Crippen molar-refractivity contribution in [3.63, 3.8) is 0 Å². The molecule has 0 unspecified atom stereocenters. The van der Waals surface area contributed by atoms with Crippen LogP contribution in [0, 0.1) is 0 Å². The summed E-state index contributed by atoms with van der Waals surface area (Å²) >= 11 is 0. The lowest BCUT2D eigenvalue weighted by Gasteiger charge is -2.06. The van der Waals surface area contributed by atoms with Crippen LogP contribution in [0.5, 0.6) is 5.75 Å². The molecule has 3 heteroatoms. The second-order valence-corrected chi connectivity index (χ2v) is 3.28. The third-order valence-corrected chi connectivity index (χ3v) is 1.89. The average Bonchev–Trinajstić information content (AvgIpc) is 2.20. The van der Waals surface area contributed by atoms with E-state index >= 15 is 0 Å². The van der Waals surface area contributed by atoms with Crippen molar-refractivity contribution < 1.29 is 14.3 Å². The number of carbonyl (C=O) groups excluding carboxylic acids is 1. The summed E-state index contributed by atoms with van der Waals surface area (Å²) in [7, 11) is 0. The van der Waals surface area contributed by atoms with Gasteiger partial charge in [-0.15, -0.1) is 0 Å². The molecule has 0 aliphatic rings. The summed E-state index contributed by atoms with van der Waals surface area (Å²) in [6, 6.07) is 7.47. The van der Waals surface area contributed by atoms with Crippen molar-refractivity contribution in [2.75, 3.05) is 13.4 Å². The number of hydrogen-bond donors (Lipinski definition) is 0. The summed E-state index contributed by atoms with van der Waals surface area (Å²) in [6.45, 7) is 4.41. The molecular formula is C12H16O3. The molecule has 3 nitrogen and oxygen atoms in total. The van der Waals surface area contributed by atoms with Gasteiger partial charge >= 0.3 is 0 Å². The second-order valence-electron chi connectivity index (χ2n) is 3.28. The molecule has 0 aliphatic heterocycles. The fourth-order valence-electron chi connectivity index (χ4n) is 1.18. The Morgan fingerprint density at radius 3 is 2.47 bits per heavy atom. The van der Waals surface area contributed by atoms with E-state index in [1.165, 1.54) is 0 Å². The van der Waals surface area contributed by atoms with Gasteiger partial charge in [0.15, 0.2) is 6.79 Å². The molecular weight excluding hydrogens is 192 g/mol. The van der Waals surface area contributed by atoms with Crippen molar-refractivity contribution in [3.8, 4) is 5.75 Å². The molecule has 0 amide bonds. The van der Waals surface area contributed by atoms with E-state index < -0.39 is 0 Å². The van der Waals surface area contributed by atoms with Gasteiger partial charge in [0.05, 0.1) is 0 Å². The highest BCUT2D eigenvalue weighted by Crippen LogP contribution is 2.12. The van der Waals surface area contributed by atoms with Crippen molar-refractivity contribution in [1.29, 1.82) is 0 Å². The Morgan fingerprint density at radius 1 is 1.27 bits per heavy atom. The number of hydrogen-bond acceptors (Lipinski definition) is 3. The molecule has 0 spiro atoms. The van der Waals surface area contributed by atoms with Crippen molar-refractivity contribution in [3.05, 3.63) is 29.8 Å². The van der Waals surface area contributed by atoms with Crippen molar-refractivity contribution in [1.82, 2.24) is 0 Å². The van der Waals surface area contributed by atoms with Crippen LogP contribution in [-0.4, -0.2) is 19.2 Å². The molecule has 0 aliphatic carbocycles.